The number of thiazole rings is 1. The van der Waals surface area contributed by atoms with E-state index in [2.05, 4.69) is 16.0 Å². The minimum atomic E-state index is -0.116. The number of rotatable bonds is 6. The Morgan fingerprint density at radius 3 is 2.75 bits per heavy atom. The first-order valence-electron chi connectivity index (χ1n) is 10.6. The van der Waals surface area contributed by atoms with Crippen molar-refractivity contribution in [1.82, 2.24) is 14.9 Å². The minimum Gasteiger partial charge on any atom is -0.467 e. The number of aromatic nitrogens is 2. The van der Waals surface area contributed by atoms with E-state index in [-0.39, 0.29) is 5.91 Å². The van der Waals surface area contributed by atoms with E-state index in [1.54, 1.807) is 11.2 Å². The Morgan fingerprint density at radius 2 is 2.03 bits per heavy atom. The highest BCUT2D eigenvalue weighted by Gasteiger charge is 2.24. The highest BCUT2D eigenvalue weighted by molar-refractivity contribution is 7.09. The number of furan rings is 1. The highest BCUT2D eigenvalue weighted by Crippen LogP contribution is 2.30. The van der Waals surface area contributed by atoms with E-state index in [4.69, 9.17) is 21.0 Å². The van der Waals surface area contributed by atoms with Crippen molar-refractivity contribution in [1.29, 1.82) is 0 Å². The molecule has 5 rings (SSSR count). The number of nitrogens with zero attached hydrogens (tertiary/aromatic N) is 4. The molecule has 164 valence electrons. The molecule has 3 aromatic heterocycles. The molecule has 4 heterocycles. The fourth-order valence-electron chi connectivity index (χ4n) is 4.11. The van der Waals surface area contributed by atoms with Crippen LogP contribution in [-0.4, -0.2) is 33.9 Å². The molecule has 0 radical (unpaired) electrons. The van der Waals surface area contributed by atoms with Gasteiger partial charge in [-0.1, -0.05) is 17.7 Å². The zero-order valence-electron chi connectivity index (χ0n) is 17.8. The van der Waals surface area contributed by atoms with Crippen LogP contribution in [-0.2, 0) is 13.1 Å². The number of aryl methyl sites for hydroxylation is 1. The fourth-order valence-corrected chi connectivity index (χ4v) is 4.87. The maximum Gasteiger partial charge on any atom is 0.274 e. The number of halogens is 1. The van der Waals surface area contributed by atoms with Gasteiger partial charge in [-0.2, -0.15) is 0 Å². The Balaban J connectivity index is 1.55. The summed E-state index contributed by atoms with van der Waals surface area (Å²) in [7, 11) is 0. The molecule has 0 saturated carbocycles. The summed E-state index contributed by atoms with van der Waals surface area (Å²) in [5.41, 5.74) is 2.33. The molecule has 8 heteroatoms. The maximum atomic E-state index is 13.4. The van der Waals surface area contributed by atoms with Crippen LogP contribution in [0.3, 0.4) is 0 Å². The first-order valence-corrected chi connectivity index (χ1v) is 11.9. The average Bonchev–Trinajstić information content (AvgIpc) is 3.55. The number of benzene rings is 1. The molecular weight excluding hydrogens is 444 g/mol. The normalized spacial score (nSPS) is 13.8. The molecule has 1 amide bonds. The van der Waals surface area contributed by atoms with E-state index < -0.39 is 0 Å². The summed E-state index contributed by atoms with van der Waals surface area (Å²) in [5.74, 6) is 1.53. The van der Waals surface area contributed by atoms with Gasteiger partial charge in [-0.3, -0.25) is 4.79 Å². The zero-order chi connectivity index (χ0) is 22.1. The molecule has 0 bridgehead atoms. The largest absolute Gasteiger partial charge is 0.467 e. The first kappa shape index (κ1) is 21.0. The average molecular weight is 467 g/mol. The van der Waals surface area contributed by atoms with Crippen molar-refractivity contribution >= 4 is 45.6 Å². The third-order valence-corrected chi connectivity index (χ3v) is 6.66. The number of hydrogen-bond donors (Lipinski definition) is 0. The molecule has 4 aromatic rings. The van der Waals surface area contributed by atoms with Crippen LogP contribution in [0.1, 0.15) is 39.7 Å². The molecule has 1 fully saturated rings. The van der Waals surface area contributed by atoms with E-state index in [0.29, 0.717) is 23.8 Å². The van der Waals surface area contributed by atoms with Gasteiger partial charge in [-0.15, -0.1) is 11.3 Å². The lowest BCUT2D eigenvalue weighted by Gasteiger charge is -2.26. The van der Waals surface area contributed by atoms with Gasteiger partial charge in [0.05, 0.1) is 29.9 Å². The van der Waals surface area contributed by atoms with Crippen molar-refractivity contribution in [2.24, 2.45) is 0 Å². The zero-order valence-corrected chi connectivity index (χ0v) is 19.3. The number of amides is 1. The van der Waals surface area contributed by atoms with E-state index in [1.807, 2.05) is 42.6 Å². The van der Waals surface area contributed by atoms with Gasteiger partial charge in [-0.05, 0) is 50.1 Å². The van der Waals surface area contributed by atoms with Crippen LogP contribution in [0, 0.1) is 6.92 Å². The molecule has 0 aliphatic carbocycles. The Hall–Kier alpha value is -2.90. The summed E-state index contributed by atoms with van der Waals surface area (Å²) < 4.78 is 5.55. The van der Waals surface area contributed by atoms with Crippen molar-refractivity contribution < 1.29 is 9.21 Å². The minimum absolute atomic E-state index is 0.116. The second kappa shape index (κ2) is 8.92. The molecule has 1 saturated heterocycles. The summed E-state index contributed by atoms with van der Waals surface area (Å²) in [4.78, 5) is 26.9. The van der Waals surface area contributed by atoms with E-state index in [0.717, 1.165) is 59.0 Å². The van der Waals surface area contributed by atoms with Crippen molar-refractivity contribution in [2.75, 3.05) is 18.0 Å². The Labute approximate surface area is 195 Å². The predicted molar refractivity (Wildman–Crippen MR) is 127 cm³/mol. The van der Waals surface area contributed by atoms with Crippen LogP contribution in [0.5, 0.6) is 0 Å². The van der Waals surface area contributed by atoms with Gasteiger partial charge in [0.1, 0.15) is 17.3 Å². The Kier molecular flexibility index (Phi) is 5.85. The quantitative estimate of drug-likeness (QED) is 0.365. The lowest BCUT2D eigenvalue weighted by Crippen LogP contribution is -2.31. The standard InChI is InChI=1S/C24H23ClN4O2S/c1-16-26-22(15-32-16)24(30)29(14-20-5-4-10-31-20)13-18-11-17-6-7-19(25)12-21(17)27-23(18)28-8-2-3-9-28/h4-7,10-12,15H,2-3,8-9,13-14H2,1H3. The van der Waals surface area contributed by atoms with E-state index in [1.165, 1.54) is 11.3 Å². The molecule has 0 atom stereocenters. The molecule has 0 unspecified atom stereocenters. The molecule has 32 heavy (non-hydrogen) atoms. The topological polar surface area (TPSA) is 62.5 Å². The summed E-state index contributed by atoms with van der Waals surface area (Å²) >= 11 is 7.70. The van der Waals surface area contributed by atoms with Gasteiger partial charge < -0.3 is 14.2 Å². The van der Waals surface area contributed by atoms with Gasteiger partial charge >= 0.3 is 0 Å². The van der Waals surface area contributed by atoms with E-state index >= 15 is 0 Å². The van der Waals surface area contributed by atoms with Crippen LogP contribution < -0.4 is 4.90 Å². The first-order chi connectivity index (χ1) is 15.6. The summed E-state index contributed by atoms with van der Waals surface area (Å²) in [6, 6.07) is 11.6. The van der Waals surface area contributed by atoms with Crippen LogP contribution in [0.25, 0.3) is 10.9 Å². The SMILES string of the molecule is Cc1nc(C(=O)N(Cc2ccco2)Cc2cc3ccc(Cl)cc3nc2N2CCCC2)cs1. The third kappa shape index (κ3) is 4.36. The molecule has 6 nitrogen and oxygen atoms in total. The van der Waals surface area contributed by atoms with Crippen molar-refractivity contribution in [2.45, 2.75) is 32.9 Å². The highest BCUT2D eigenvalue weighted by atomic mass is 35.5. The summed E-state index contributed by atoms with van der Waals surface area (Å²) in [6.07, 6.45) is 3.91. The van der Waals surface area contributed by atoms with E-state index in [9.17, 15) is 4.79 Å². The number of carbonyl (C=O) groups is 1. The number of carbonyl (C=O) groups excluding carboxylic acids is 1. The lowest BCUT2D eigenvalue weighted by molar-refractivity contribution is 0.0712. The van der Waals surface area contributed by atoms with Crippen LogP contribution in [0.15, 0.2) is 52.5 Å². The van der Waals surface area contributed by atoms with Gasteiger partial charge in [0, 0.05) is 34.4 Å². The molecule has 0 spiro atoms. The maximum absolute atomic E-state index is 13.4. The van der Waals surface area contributed by atoms with Gasteiger partial charge in [0.25, 0.3) is 5.91 Å². The smallest absolute Gasteiger partial charge is 0.274 e. The lowest BCUT2D eigenvalue weighted by atomic mass is 10.1. The second-order valence-corrected chi connectivity index (χ2v) is 9.49. The number of pyridine rings is 1. The van der Waals surface area contributed by atoms with Gasteiger partial charge in [0.2, 0.25) is 0 Å². The molecular formula is C24H23ClN4O2S. The molecule has 1 aliphatic heterocycles. The number of anilines is 1. The van der Waals surface area contributed by atoms with Crippen LogP contribution in [0.4, 0.5) is 5.82 Å². The summed E-state index contributed by atoms with van der Waals surface area (Å²) in [6.45, 7) is 4.60. The molecule has 1 aromatic carbocycles. The number of fused-ring (bicyclic) bond motifs is 1. The van der Waals surface area contributed by atoms with Crippen molar-refractivity contribution in [3.63, 3.8) is 0 Å². The Morgan fingerprint density at radius 1 is 1.19 bits per heavy atom. The number of hydrogen-bond acceptors (Lipinski definition) is 6. The monoisotopic (exact) mass is 466 g/mol. The van der Waals surface area contributed by atoms with Gasteiger partial charge in [-0.25, -0.2) is 9.97 Å². The van der Waals surface area contributed by atoms with Crippen LogP contribution in [0.2, 0.25) is 5.02 Å². The van der Waals surface area contributed by atoms with Gasteiger partial charge in [0.15, 0.2) is 0 Å². The Bertz CT molecular complexity index is 1250. The van der Waals surface area contributed by atoms with Crippen molar-refractivity contribution in [3.05, 3.63) is 75.1 Å². The van der Waals surface area contributed by atoms with Crippen molar-refractivity contribution in [3.8, 4) is 0 Å². The third-order valence-electron chi connectivity index (χ3n) is 5.65. The molecule has 0 N–H and O–H groups in total. The fraction of sp³-hybridized carbons (Fsp3) is 0.292. The molecule has 1 aliphatic rings. The summed E-state index contributed by atoms with van der Waals surface area (Å²) in [5, 5.41) is 4.35. The van der Waals surface area contributed by atoms with Crippen LogP contribution >= 0.6 is 22.9 Å². The predicted octanol–water partition coefficient (Wildman–Crippen LogP) is 5.69. The second-order valence-electron chi connectivity index (χ2n) is 7.99.